The number of benzene rings is 1. The third kappa shape index (κ3) is 6.47. The average Bonchev–Trinajstić information content (AvgIpc) is 3.28. The maximum atomic E-state index is 13.9. The van der Waals surface area contributed by atoms with E-state index in [-0.39, 0.29) is 31.1 Å². The van der Waals surface area contributed by atoms with Gasteiger partial charge in [0.25, 0.3) is 0 Å². The molecule has 1 saturated heterocycles. The lowest BCUT2D eigenvalue weighted by molar-refractivity contribution is -0.142. The molecular weight excluding hydrogens is 448 g/mol. The van der Waals surface area contributed by atoms with Crippen molar-refractivity contribution < 1.29 is 27.9 Å². The summed E-state index contributed by atoms with van der Waals surface area (Å²) in [6.45, 7) is 0.543. The van der Waals surface area contributed by atoms with Crippen LogP contribution in [0.2, 0.25) is 0 Å². The van der Waals surface area contributed by atoms with Crippen molar-refractivity contribution in [1.82, 2.24) is 20.5 Å². The van der Waals surface area contributed by atoms with Crippen LogP contribution in [0.4, 0.5) is 14.6 Å². The van der Waals surface area contributed by atoms with Crippen LogP contribution in [0.25, 0.3) is 0 Å². The summed E-state index contributed by atoms with van der Waals surface area (Å²) in [6, 6.07) is 5.93. The number of nitrogens with zero attached hydrogens (tertiary/aromatic N) is 2. The van der Waals surface area contributed by atoms with Crippen LogP contribution in [-0.2, 0) is 25.7 Å². The van der Waals surface area contributed by atoms with Crippen molar-refractivity contribution in [3.63, 3.8) is 0 Å². The number of likely N-dealkylation sites (tertiary alicyclic amines) is 1. The van der Waals surface area contributed by atoms with E-state index in [0.29, 0.717) is 24.3 Å². The van der Waals surface area contributed by atoms with Crippen LogP contribution >= 0.6 is 0 Å². The molecule has 0 radical (unpaired) electrons. The van der Waals surface area contributed by atoms with Crippen LogP contribution in [0.15, 0.2) is 36.5 Å². The lowest BCUT2D eigenvalue weighted by atomic mass is 9.97. The van der Waals surface area contributed by atoms with E-state index in [1.165, 1.54) is 19.4 Å². The second-order valence-electron chi connectivity index (χ2n) is 7.99. The van der Waals surface area contributed by atoms with Crippen molar-refractivity contribution in [2.45, 2.75) is 31.3 Å². The molecular formula is C23H27F2N5O4. The van der Waals surface area contributed by atoms with Gasteiger partial charge < -0.3 is 21.1 Å². The number of esters is 1. The van der Waals surface area contributed by atoms with E-state index in [2.05, 4.69) is 20.4 Å². The van der Waals surface area contributed by atoms with Gasteiger partial charge >= 0.3 is 5.97 Å². The maximum Gasteiger partial charge on any atom is 0.319 e. The fourth-order valence-electron chi connectivity index (χ4n) is 3.81. The Morgan fingerprint density at radius 2 is 2.00 bits per heavy atom. The molecule has 1 aliphatic rings. The van der Waals surface area contributed by atoms with E-state index < -0.39 is 35.5 Å². The average molecular weight is 475 g/mol. The highest BCUT2D eigenvalue weighted by Crippen LogP contribution is 2.21. The zero-order valence-electron chi connectivity index (χ0n) is 18.7. The molecule has 11 heteroatoms. The number of hydrogen-bond acceptors (Lipinski definition) is 7. The lowest BCUT2D eigenvalue weighted by Gasteiger charge is -2.24. The molecule has 2 amide bonds. The standard InChI is InChI=1S/C23H27F2N5O4/c1-34-21(31)13-30-8-2-3-19(30)23(33)29-12-16(15-5-6-17(24)18(25)9-15)22(32)28-11-14-4-7-20(26)27-10-14/h4-7,9-10,16,19H,2-3,8,11-13H2,1H3,(H2,26,27)(H,28,32)(H,29,33)/t16-,19+/m0/s1. The van der Waals surface area contributed by atoms with Crippen molar-refractivity contribution in [2.75, 3.05) is 32.5 Å². The molecule has 3 rings (SSSR count). The van der Waals surface area contributed by atoms with Crippen LogP contribution in [0, 0.1) is 11.6 Å². The molecule has 0 unspecified atom stereocenters. The van der Waals surface area contributed by atoms with E-state index in [1.54, 1.807) is 17.0 Å². The first-order chi connectivity index (χ1) is 16.3. The zero-order valence-corrected chi connectivity index (χ0v) is 18.7. The van der Waals surface area contributed by atoms with Gasteiger partial charge in [-0.25, -0.2) is 13.8 Å². The first kappa shape index (κ1) is 25.0. The number of nitrogen functional groups attached to an aromatic ring is 1. The molecule has 1 fully saturated rings. The normalized spacial score (nSPS) is 16.6. The van der Waals surface area contributed by atoms with E-state index >= 15 is 0 Å². The first-order valence-electron chi connectivity index (χ1n) is 10.8. The molecule has 0 spiro atoms. The van der Waals surface area contributed by atoms with Crippen LogP contribution in [0.3, 0.4) is 0 Å². The van der Waals surface area contributed by atoms with Gasteiger partial charge in [0.2, 0.25) is 11.8 Å². The van der Waals surface area contributed by atoms with Gasteiger partial charge in [-0.2, -0.15) is 0 Å². The second-order valence-corrected chi connectivity index (χ2v) is 7.99. The number of hydrogen-bond donors (Lipinski definition) is 3. The molecule has 1 aliphatic heterocycles. The number of ether oxygens (including phenoxy) is 1. The van der Waals surface area contributed by atoms with Gasteiger partial charge in [0.05, 0.1) is 25.6 Å². The van der Waals surface area contributed by atoms with Crippen LogP contribution in [0.5, 0.6) is 0 Å². The Labute approximate surface area is 195 Å². The fourth-order valence-corrected chi connectivity index (χ4v) is 3.81. The summed E-state index contributed by atoms with van der Waals surface area (Å²) < 4.78 is 32.0. The smallest absolute Gasteiger partial charge is 0.319 e. The molecule has 0 bridgehead atoms. The molecule has 182 valence electrons. The van der Waals surface area contributed by atoms with Crippen molar-refractivity contribution in [3.05, 3.63) is 59.3 Å². The number of carbonyl (C=O) groups is 3. The fraction of sp³-hybridized carbons (Fsp3) is 0.391. The highest BCUT2D eigenvalue weighted by Gasteiger charge is 2.33. The summed E-state index contributed by atoms with van der Waals surface area (Å²) >= 11 is 0. The SMILES string of the molecule is COC(=O)CN1CCC[C@@H]1C(=O)NC[C@H](C(=O)NCc1ccc(N)nc1)c1ccc(F)c(F)c1. The minimum absolute atomic E-state index is 0.0166. The monoisotopic (exact) mass is 475 g/mol. The van der Waals surface area contributed by atoms with E-state index in [1.807, 2.05) is 0 Å². The van der Waals surface area contributed by atoms with Crippen LogP contribution in [0.1, 0.15) is 29.9 Å². The molecule has 0 saturated carbocycles. The number of aromatic nitrogens is 1. The predicted molar refractivity (Wildman–Crippen MR) is 119 cm³/mol. The van der Waals surface area contributed by atoms with E-state index in [4.69, 9.17) is 5.73 Å². The number of nitrogens with one attached hydrogen (secondary N) is 2. The van der Waals surface area contributed by atoms with E-state index in [9.17, 15) is 23.2 Å². The summed E-state index contributed by atoms with van der Waals surface area (Å²) in [4.78, 5) is 43.1. The molecule has 2 heterocycles. The second kappa shape index (κ2) is 11.5. The van der Waals surface area contributed by atoms with E-state index in [0.717, 1.165) is 18.6 Å². The quantitative estimate of drug-likeness (QED) is 0.464. The minimum atomic E-state index is -1.09. The molecule has 4 N–H and O–H groups in total. The largest absolute Gasteiger partial charge is 0.468 e. The highest BCUT2D eigenvalue weighted by molar-refractivity contribution is 5.86. The summed E-state index contributed by atoms with van der Waals surface area (Å²) in [5.74, 6) is -4.06. The number of pyridine rings is 1. The van der Waals surface area contributed by atoms with Gasteiger partial charge in [0.1, 0.15) is 5.82 Å². The number of anilines is 1. The number of halogens is 2. The van der Waals surface area contributed by atoms with Gasteiger partial charge in [0, 0.05) is 19.3 Å². The number of nitrogens with two attached hydrogens (primary N) is 1. The summed E-state index contributed by atoms with van der Waals surface area (Å²) in [6.07, 6.45) is 2.80. The zero-order chi connectivity index (χ0) is 24.7. The Hall–Kier alpha value is -3.60. The topological polar surface area (TPSA) is 127 Å². The van der Waals surface area contributed by atoms with Crippen LogP contribution < -0.4 is 16.4 Å². The van der Waals surface area contributed by atoms with Gasteiger partial charge in [-0.05, 0) is 48.7 Å². The van der Waals surface area contributed by atoms with Crippen molar-refractivity contribution >= 4 is 23.6 Å². The number of carbonyl (C=O) groups excluding carboxylic acids is 3. The number of rotatable bonds is 9. The molecule has 2 aromatic rings. The van der Waals surface area contributed by atoms with Gasteiger partial charge in [-0.1, -0.05) is 12.1 Å². The van der Waals surface area contributed by atoms with Crippen molar-refractivity contribution in [1.29, 1.82) is 0 Å². The molecule has 0 aliphatic carbocycles. The molecule has 1 aromatic heterocycles. The van der Waals surface area contributed by atoms with Gasteiger partial charge in [-0.15, -0.1) is 0 Å². The highest BCUT2D eigenvalue weighted by atomic mass is 19.2. The van der Waals surface area contributed by atoms with Crippen molar-refractivity contribution in [2.24, 2.45) is 0 Å². The first-order valence-corrected chi connectivity index (χ1v) is 10.8. The Balaban J connectivity index is 1.69. The Kier molecular flexibility index (Phi) is 8.47. The predicted octanol–water partition coefficient (Wildman–Crippen LogP) is 1.10. The van der Waals surface area contributed by atoms with Gasteiger partial charge in [-0.3, -0.25) is 19.3 Å². The molecule has 2 atom stereocenters. The van der Waals surface area contributed by atoms with Crippen LogP contribution in [-0.4, -0.2) is 60.5 Å². The summed E-state index contributed by atoms with van der Waals surface area (Å²) in [5.41, 5.74) is 6.47. The van der Waals surface area contributed by atoms with Crippen molar-refractivity contribution in [3.8, 4) is 0 Å². The maximum absolute atomic E-state index is 13.9. The summed E-state index contributed by atoms with van der Waals surface area (Å²) in [7, 11) is 1.28. The Morgan fingerprint density at radius 1 is 1.21 bits per heavy atom. The summed E-state index contributed by atoms with van der Waals surface area (Å²) in [5, 5.41) is 5.45. The minimum Gasteiger partial charge on any atom is -0.468 e. The molecule has 34 heavy (non-hydrogen) atoms. The number of methoxy groups -OCH3 is 1. The Bertz CT molecular complexity index is 1030. The third-order valence-electron chi connectivity index (χ3n) is 5.68. The number of amides is 2. The third-order valence-corrected chi connectivity index (χ3v) is 5.68. The molecule has 9 nitrogen and oxygen atoms in total. The van der Waals surface area contributed by atoms with Gasteiger partial charge in [0.15, 0.2) is 11.6 Å². The lowest BCUT2D eigenvalue weighted by Crippen LogP contribution is -2.47. The molecule has 1 aromatic carbocycles. The Morgan fingerprint density at radius 3 is 2.68 bits per heavy atom.